The lowest BCUT2D eigenvalue weighted by molar-refractivity contribution is -0.124. The Morgan fingerprint density at radius 1 is 1.15 bits per heavy atom. The molecule has 0 unspecified atom stereocenters. The Hall–Kier alpha value is -2.31. The van der Waals surface area contributed by atoms with Gasteiger partial charge in [-0.15, -0.1) is 11.8 Å². The molecular formula is C20H20ClNO4S. The molecule has 0 saturated carbocycles. The SMILES string of the molecule is CC(=O)CSc1ccccc1C(=O)OCC(=O)N[C@H](C)c1cccc(Cl)c1. The van der Waals surface area contributed by atoms with Crippen molar-refractivity contribution in [2.45, 2.75) is 24.8 Å². The summed E-state index contributed by atoms with van der Waals surface area (Å²) < 4.78 is 5.12. The lowest BCUT2D eigenvalue weighted by atomic mass is 10.1. The van der Waals surface area contributed by atoms with E-state index in [-0.39, 0.29) is 17.6 Å². The molecule has 0 aliphatic rings. The summed E-state index contributed by atoms with van der Waals surface area (Å²) in [6.07, 6.45) is 0. The van der Waals surface area contributed by atoms with Crippen molar-refractivity contribution < 1.29 is 19.1 Å². The highest BCUT2D eigenvalue weighted by atomic mass is 35.5. The van der Waals surface area contributed by atoms with Crippen molar-refractivity contribution >= 4 is 41.0 Å². The quantitative estimate of drug-likeness (QED) is 0.529. The smallest absolute Gasteiger partial charge is 0.339 e. The Morgan fingerprint density at radius 3 is 2.59 bits per heavy atom. The first kappa shape index (κ1) is 21.0. The van der Waals surface area contributed by atoms with E-state index in [1.807, 2.05) is 13.0 Å². The number of ketones is 1. The summed E-state index contributed by atoms with van der Waals surface area (Å²) >= 11 is 7.21. The zero-order valence-corrected chi connectivity index (χ0v) is 16.6. The molecule has 0 bridgehead atoms. The predicted molar refractivity (Wildman–Crippen MR) is 106 cm³/mol. The van der Waals surface area contributed by atoms with Gasteiger partial charge in [0.15, 0.2) is 6.61 Å². The minimum absolute atomic E-state index is 0.0116. The number of halogens is 1. The monoisotopic (exact) mass is 405 g/mol. The molecule has 0 aromatic heterocycles. The summed E-state index contributed by atoms with van der Waals surface area (Å²) in [6.45, 7) is 2.91. The Kier molecular flexibility index (Phi) is 7.88. The molecule has 5 nitrogen and oxygen atoms in total. The van der Waals surface area contributed by atoms with E-state index in [1.54, 1.807) is 42.5 Å². The number of hydrogen-bond acceptors (Lipinski definition) is 5. The van der Waals surface area contributed by atoms with Crippen molar-refractivity contribution in [3.05, 3.63) is 64.7 Å². The fourth-order valence-corrected chi connectivity index (χ4v) is 3.33. The highest BCUT2D eigenvalue weighted by Gasteiger charge is 2.16. The maximum Gasteiger partial charge on any atom is 0.339 e. The molecular weight excluding hydrogens is 386 g/mol. The first-order valence-corrected chi connectivity index (χ1v) is 9.66. The van der Waals surface area contributed by atoms with Gasteiger partial charge in [-0.05, 0) is 43.7 Å². The second-order valence-corrected chi connectivity index (χ2v) is 7.36. The summed E-state index contributed by atoms with van der Waals surface area (Å²) in [4.78, 5) is 36.2. The summed E-state index contributed by atoms with van der Waals surface area (Å²) in [5.74, 6) is -0.739. The average Bonchev–Trinajstić information content (AvgIpc) is 2.64. The zero-order chi connectivity index (χ0) is 19.8. The minimum atomic E-state index is -0.604. The summed E-state index contributed by atoms with van der Waals surface area (Å²) in [5.41, 5.74) is 1.19. The average molecular weight is 406 g/mol. The molecule has 7 heteroatoms. The Morgan fingerprint density at radius 2 is 1.89 bits per heavy atom. The zero-order valence-electron chi connectivity index (χ0n) is 15.0. The third-order valence-electron chi connectivity index (χ3n) is 3.60. The number of carbonyl (C=O) groups is 3. The third-order valence-corrected chi connectivity index (χ3v) is 5.05. The molecule has 0 aliphatic heterocycles. The molecule has 0 saturated heterocycles. The molecule has 0 heterocycles. The van der Waals surface area contributed by atoms with Gasteiger partial charge in [0.1, 0.15) is 5.78 Å². The van der Waals surface area contributed by atoms with E-state index in [0.29, 0.717) is 15.5 Å². The fourth-order valence-electron chi connectivity index (χ4n) is 2.29. The number of hydrogen-bond donors (Lipinski definition) is 1. The summed E-state index contributed by atoms with van der Waals surface area (Å²) in [7, 11) is 0. The van der Waals surface area contributed by atoms with Gasteiger partial charge in [-0.2, -0.15) is 0 Å². The van der Waals surface area contributed by atoms with Crippen LogP contribution in [0.5, 0.6) is 0 Å². The number of thioether (sulfide) groups is 1. The Labute approximate surface area is 167 Å². The highest BCUT2D eigenvalue weighted by Crippen LogP contribution is 2.23. The van der Waals surface area contributed by atoms with Crippen LogP contribution in [0.15, 0.2) is 53.4 Å². The van der Waals surface area contributed by atoms with Crippen LogP contribution < -0.4 is 5.32 Å². The van der Waals surface area contributed by atoms with Gasteiger partial charge in [-0.3, -0.25) is 9.59 Å². The predicted octanol–water partition coefficient (Wildman–Crippen LogP) is 4.06. The standard InChI is InChI=1S/C20H20ClNO4S/c1-13(23)12-27-18-9-4-3-8-17(18)20(25)26-11-19(24)22-14(2)15-6-5-7-16(21)10-15/h3-10,14H,11-12H2,1-2H3,(H,22,24)/t14-/m1/s1. The number of carbonyl (C=O) groups excluding carboxylic acids is 3. The van der Waals surface area contributed by atoms with E-state index in [4.69, 9.17) is 16.3 Å². The van der Waals surface area contributed by atoms with E-state index in [2.05, 4.69) is 5.32 Å². The highest BCUT2D eigenvalue weighted by molar-refractivity contribution is 8.00. The van der Waals surface area contributed by atoms with Crippen LogP contribution in [-0.2, 0) is 14.3 Å². The van der Waals surface area contributed by atoms with E-state index in [9.17, 15) is 14.4 Å². The molecule has 1 amide bonds. The van der Waals surface area contributed by atoms with Crippen LogP contribution in [0.3, 0.4) is 0 Å². The van der Waals surface area contributed by atoms with Crippen LogP contribution >= 0.6 is 23.4 Å². The third kappa shape index (κ3) is 6.73. The van der Waals surface area contributed by atoms with Crippen molar-refractivity contribution in [3.63, 3.8) is 0 Å². The molecule has 0 spiro atoms. The normalized spacial score (nSPS) is 11.5. The van der Waals surface area contributed by atoms with Gasteiger partial charge in [0, 0.05) is 9.92 Å². The topological polar surface area (TPSA) is 72.5 Å². The molecule has 142 valence electrons. The van der Waals surface area contributed by atoms with Gasteiger partial charge < -0.3 is 10.1 Å². The van der Waals surface area contributed by atoms with Crippen LogP contribution in [0.1, 0.15) is 35.8 Å². The molecule has 27 heavy (non-hydrogen) atoms. The van der Waals surface area contributed by atoms with Gasteiger partial charge in [0.2, 0.25) is 0 Å². The van der Waals surface area contributed by atoms with E-state index in [0.717, 1.165) is 5.56 Å². The number of amides is 1. The number of benzene rings is 2. The first-order chi connectivity index (χ1) is 12.9. The molecule has 2 rings (SSSR count). The second kappa shape index (κ2) is 10.1. The summed E-state index contributed by atoms with van der Waals surface area (Å²) in [5, 5.41) is 3.34. The van der Waals surface area contributed by atoms with Crippen molar-refractivity contribution in [2.24, 2.45) is 0 Å². The second-order valence-electron chi connectivity index (χ2n) is 5.91. The Balaban J connectivity index is 1.91. The van der Waals surface area contributed by atoms with Crippen molar-refractivity contribution in [3.8, 4) is 0 Å². The molecule has 2 aromatic rings. The number of rotatable bonds is 8. The largest absolute Gasteiger partial charge is 0.452 e. The maximum atomic E-state index is 12.3. The van der Waals surface area contributed by atoms with Gasteiger partial charge in [-0.25, -0.2) is 4.79 Å². The summed E-state index contributed by atoms with van der Waals surface area (Å²) in [6, 6.07) is 13.7. The van der Waals surface area contributed by atoms with E-state index < -0.39 is 18.5 Å². The number of nitrogens with one attached hydrogen (secondary N) is 1. The van der Waals surface area contributed by atoms with Crippen molar-refractivity contribution in [1.82, 2.24) is 5.32 Å². The van der Waals surface area contributed by atoms with Gasteiger partial charge >= 0.3 is 5.97 Å². The van der Waals surface area contributed by atoms with Gasteiger partial charge in [0.25, 0.3) is 5.91 Å². The van der Waals surface area contributed by atoms with Crippen molar-refractivity contribution in [1.29, 1.82) is 0 Å². The molecule has 0 fully saturated rings. The maximum absolute atomic E-state index is 12.3. The van der Waals surface area contributed by atoms with E-state index >= 15 is 0 Å². The van der Waals surface area contributed by atoms with Crippen LogP contribution in [0.4, 0.5) is 0 Å². The van der Waals surface area contributed by atoms with Crippen LogP contribution in [0.25, 0.3) is 0 Å². The van der Waals surface area contributed by atoms with Gasteiger partial charge in [0.05, 0.1) is 17.4 Å². The fraction of sp³-hybridized carbons (Fsp3) is 0.250. The first-order valence-electron chi connectivity index (χ1n) is 8.30. The number of ether oxygens (including phenoxy) is 1. The number of esters is 1. The molecule has 1 N–H and O–H groups in total. The molecule has 2 aromatic carbocycles. The van der Waals surface area contributed by atoms with Crippen LogP contribution in [-0.4, -0.2) is 30.0 Å². The molecule has 1 atom stereocenters. The van der Waals surface area contributed by atoms with Gasteiger partial charge in [-0.1, -0.05) is 35.9 Å². The van der Waals surface area contributed by atoms with Crippen LogP contribution in [0, 0.1) is 0 Å². The Bertz CT molecular complexity index is 840. The molecule has 0 radical (unpaired) electrons. The molecule has 0 aliphatic carbocycles. The van der Waals surface area contributed by atoms with E-state index in [1.165, 1.54) is 18.7 Å². The van der Waals surface area contributed by atoms with Crippen molar-refractivity contribution in [2.75, 3.05) is 12.4 Å². The number of Topliss-reactive ketones (excluding diaryl/α,β-unsaturated/α-hetero) is 1. The lowest BCUT2D eigenvalue weighted by Crippen LogP contribution is -2.31. The minimum Gasteiger partial charge on any atom is -0.452 e. The van der Waals surface area contributed by atoms with Crippen LogP contribution in [0.2, 0.25) is 5.02 Å². The lowest BCUT2D eigenvalue weighted by Gasteiger charge is -2.15.